The number of nitrogens with zero attached hydrogens (tertiary/aromatic N) is 2. The number of hydrogen-bond donors (Lipinski definition) is 1. The Morgan fingerprint density at radius 3 is 2.42 bits per heavy atom. The van der Waals surface area contributed by atoms with Gasteiger partial charge in [0.2, 0.25) is 5.91 Å². The van der Waals surface area contributed by atoms with Gasteiger partial charge >= 0.3 is 0 Å². The number of benzene rings is 1. The van der Waals surface area contributed by atoms with Gasteiger partial charge in [-0.2, -0.15) is 0 Å². The van der Waals surface area contributed by atoms with Crippen molar-refractivity contribution in [3.8, 4) is 0 Å². The summed E-state index contributed by atoms with van der Waals surface area (Å²) in [4.78, 5) is 17.7. The lowest BCUT2D eigenvalue weighted by molar-refractivity contribution is -0.124. The normalized spacial score (nSPS) is 22.1. The molecule has 1 saturated heterocycles. The number of carbonyl (C=O) groups excluding carboxylic acids is 1. The summed E-state index contributed by atoms with van der Waals surface area (Å²) in [6, 6.07) is 8.43. The summed E-state index contributed by atoms with van der Waals surface area (Å²) >= 11 is 3.46. The fraction of sp³-hybridized carbons (Fsp3) is 0.632. The topological polar surface area (TPSA) is 35.6 Å². The number of piperazine rings is 1. The Morgan fingerprint density at radius 2 is 1.83 bits per heavy atom. The van der Waals surface area contributed by atoms with Gasteiger partial charge < -0.3 is 15.1 Å². The maximum absolute atomic E-state index is 12.8. The highest BCUT2D eigenvalue weighted by Crippen LogP contribution is 2.48. The van der Waals surface area contributed by atoms with Gasteiger partial charge in [0.25, 0.3) is 0 Å². The van der Waals surface area contributed by atoms with Crippen molar-refractivity contribution < 1.29 is 4.79 Å². The molecule has 0 aromatic heterocycles. The van der Waals surface area contributed by atoms with E-state index in [1.165, 1.54) is 0 Å². The van der Waals surface area contributed by atoms with E-state index in [4.69, 9.17) is 0 Å². The second kappa shape index (κ2) is 7.54. The average Bonchev–Trinajstić information content (AvgIpc) is 3.37. The van der Waals surface area contributed by atoms with E-state index in [0.717, 1.165) is 62.0 Å². The predicted molar refractivity (Wildman–Crippen MR) is 101 cm³/mol. The molecule has 1 aromatic rings. The van der Waals surface area contributed by atoms with Gasteiger partial charge in [0.1, 0.15) is 0 Å². The molecule has 1 aliphatic heterocycles. The van der Waals surface area contributed by atoms with Crippen molar-refractivity contribution in [1.82, 2.24) is 15.1 Å². The van der Waals surface area contributed by atoms with Gasteiger partial charge in [0.05, 0.1) is 5.41 Å². The molecule has 2 aliphatic rings. The molecule has 0 unspecified atom stereocenters. The first-order valence-electron chi connectivity index (χ1n) is 8.97. The molecule has 0 spiro atoms. The van der Waals surface area contributed by atoms with Crippen LogP contribution < -0.4 is 5.32 Å². The van der Waals surface area contributed by atoms with Crippen molar-refractivity contribution in [3.63, 3.8) is 0 Å². The summed E-state index contributed by atoms with van der Waals surface area (Å²) in [5.41, 5.74) is 0.873. The minimum Gasteiger partial charge on any atom is -0.353 e. The highest BCUT2D eigenvalue weighted by atomic mass is 79.9. The Kier molecular flexibility index (Phi) is 5.63. The Hall–Kier alpha value is -0.910. The molecule has 1 atom stereocenters. The largest absolute Gasteiger partial charge is 0.353 e. The van der Waals surface area contributed by atoms with Gasteiger partial charge in [-0.1, -0.05) is 28.1 Å². The molecule has 1 amide bonds. The number of likely N-dealkylation sites (N-methyl/N-ethyl adjacent to an activating group) is 1. The molecule has 1 N–H and O–H groups in total. The summed E-state index contributed by atoms with van der Waals surface area (Å²) in [6.45, 7) is 7.77. The highest BCUT2D eigenvalue weighted by molar-refractivity contribution is 9.10. The molecule has 1 saturated carbocycles. The fourth-order valence-electron chi connectivity index (χ4n) is 3.42. The maximum atomic E-state index is 12.8. The minimum absolute atomic E-state index is 0.204. The Balaban J connectivity index is 1.48. The summed E-state index contributed by atoms with van der Waals surface area (Å²) in [5, 5.41) is 3.26. The first-order valence-corrected chi connectivity index (χ1v) is 9.77. The lowest BCUT2D eigenvalue weighted by atomic mass is 9.94. The van der Waals surface area contributed by atoms with Gasteiger partial charge in [-0.25, -0.2) is 0 Å². The molecule has 24 heavy (non-hydrogen) atoms. The predicted octanol–water partition coefficient (Wildman–Crippen LogP) is 2.62. The minimum atomic E-state index is -0.275. The highest BCUT2D eigenvalue weighted by Gasteiger charge is 2.51. The summed E-state index contributed by atoms with van der Waals surface area (Å²) in [6.07, 6.45) is 2.95. The summed E-state index contributed by atoms with van der Waals surface area (Å²) in [7, 11) is 2.18. The molecule has 2 fully saturated rings. The zero-order valence-electron chi connectivity index (χ0n) is 14.7. The third-order valence-corrected chi connectivity index (χ3v) is 5.96. The van der Waals surface area contributed by atoms with Gasteiger partial charge in [-0.05, 0) is 50.9 Å². The number of amides is 1. The molecule has 1 aromatic carbocycles. The number of carbonyl (C=O) groups is 1. The number of rotatable bonds is 6. The molecular weight excluding hydrogens is 366 g/mol. The van der Waals surface area contributed by atoms with Crippen molar-refractivity contribution in [2.75, 3.05) is 39.8 Å². The molecule has 1 heterocycles. The van der Waals surface area contributed by atoms with Crippen LogP contribution in [0.1, 0.15) is 31.7 Å². The molecule has 3 rings (SSSR count). The third kappa shape index (κ3) is 4.19. The number of halogens is 1. The van der Waals surface area contributed by atoms with E-state index in [1.54, 1.807) is 0 Å². The molecule has 5 heteroatoms. The van der Waals surface area contributed by atoms with Crippen LogP contribution in [0.4, 0.5) is 0 Å². The van der Waals surface area contributed by atoms with Crippen LogP contribution in [0.25, 0.3) is 0 Å². The van der Waals surface area contributed by atoms with Crippen LogP contribution in [-0.4, -0.2) is 61.5 Å². The van der Waals surface area contributed by atoms with Gasteiger partial charge in [0, 0.05) is 43.2 Å². The van der Waals surface area contributed by atoms with E-state index in [9.17, 15) is 4.79 Å². The molecule has 1 aliphatic carbocycles. The van der Waals surface area contributed by atoms with E-state index in [0.29, 0.717) is 0 Å². The van der Waals surface area contributed by atoms with Gasteiger partial charge in [-0.3, -0.25) is 4.79 Å². The number of hydrogen-bond acceptors (Lipinski definition) is 3. The summed E-state index contributed by atoms with van der Waals surface area (Å²) in [5.74, 6) is 0.204. The maximum Gasteiger partial charge on any atom is 0.230 e. The van der Waals surface area contributed by atoms with E-state index in [2.05, 4.69) is 57.2 Å². The lowest BCUT2D eigenvalue weighted by Crippen LogP contribution is -2.46. The standard InChI is InChI=1S/C19H28BrN3O/c1-15(7-10-23-13-11-22(2)12-14-23)21-18(24)19(8-9-19)16-3-5-17(20)6-4-16/h3-6,15H,7-14H2,1-2H3,(H,21,24)/t15-/m0/s1. The first kappa shape index (κ1) is 17.9. The van der Waals surface area contributed by atoms with Crippen LogP contribution in [-0.2, 0) is 10.2 Å². The third-order valence-electron chi connectivity index (χ3n) is 5.43. The first-order chi connectivity index (χ1) is 11.5. The number of nitrogens with one attached hydrogen (secondary N) is 1. The van der Waals surface area contributed by atoms with Gasteiger partial charge in [0.15, 0.2) is 0 Å². The van der Waals surface area contributed by atoms with Crippen molar-refractivity contribution in [2.24, 2.45) is 0 Å². The van der Waals surface area contributed by atoms with E-state index in [1.807, 2.05) is 12.1 Å². The fourth-order valence-corrected chi connectivity index (χ4v) is 3.69. The summed E-state index contributed by atoms with van der Waals surface area (Å²) < 4.78 is 1.06. The second-order valence-corrected chi connectivity index (χ2v) is 8.31. The zero-order chi connectivity index (χ0) is 17.2. The Morgan fingerprint density at radius 1 is 1.21 bits per heavy atom. The van der Waals surface area contributed by atoms with Crippen LogP contribution in [0, 0.1) is 0 Å². The van der Waals surface area contributed by atoms with Gasteiger partial charge in [-0.15, -0.1) is 0 Å². The van der Waals surface area contributed by atoms with Crippen LogP contribution in [0.5, 0.6) is 0 Å². The van der Waals surface area contributed by atoms with Crippen LogP contribution in [0.15, 0.2) is 28.7 Å². The van der Waals surface area contributed by atoms with Crippen LogP contribution >= 0.6 is 15.9 Å². The van der Waals surface area contributed by atoms with Crippen LogP contribution in [0.2, 0.25) is 0 Å². The smallest absolute Gasteiger partial charge is 0.230 e. The molecule has 132 valence electrons. The second-order valence-electron chi connectivity index (χ2n) is 7.40. The van der Waals surface area contributed by atoms with E-state index in [-0.39, 0.29) is 17.4 Å². The zero-order valence-corrected chi connectivity index (χ0v) is 16.3. The van der Waals surface area contributed by atoms with E-state index < -0.39 is 0 Å². The monoisotopic (exact) mass is 393 g/mol. The van der Waals surface area contributed by atoms with Crippen molar-refractivity contribution >= 4 is 21.8 Å². The molecule has 0 bridgehead atoms. The van der Waals surface area contributed by atoms with E-state index >= 15 is 0 Å². The average molecular weight is 394 g/mol. The Labute approximate surface area is 153 Å². The quantitative estimate of drug-likeness (QED) is 0.806. The Bertz CT molecular complexity index is 562. The van der Waals surface area contributed by atoms with Crippen molar-refractivity contribution in [1.29, 1.82) is 0 Å². The lowest BCUT2D eigenvalue weighted by Gasteiger charge is -2.33. The molecule has 0 radical (unpaired) electrons. The molecular formula is C19H28BrN3O. The SMILES string of the molecule is C[C@@H](CCN1CCN(C)CC1)NC(=O)C1(c2ccc(Br)cc2)CC1. The van der Waals surface area contributed by atoms with Crippen molar-refractivity contribution in [3.05, 3.63) is 34.3 Å². The van der Waals surface area contributed by atoms with Crippen molar-refractivity contribution in [2.45, 2.75) is 37.6 Å². The van der Waals surface area contributed by atoms with Crippen LogP contribution in [0.3, 0.4) is 0 Å². The molecule has 4 nitrogen and oxygen atoms in total.